The van der Waals surface area contributed by atoms with Crippen molar-refractivity contribution in [2.24, 2.45) is 0 Å². The summed E-state index contributed by atoms with van der Waals surface area (Å²) in [6, 6.07) is 10.9. The molecule has 3 N–H and O–H groups in total. The quantitative estimate of drug-likeness (QED) is 0.387. The molecule has 1 heteroatoms. The molecule has 1 aromatic carbocycles. The predicted molar refractivity (Wildman–Crippen MR) is 96.2 cm³/mol. The van der Waals surface area contributed by atoms with Crippen LogP contribution < -0.4 is 6.15 Å². The maximum Gasteiger partial charge on any atom is -0.0279 e. The lowest BCUT2D eigenvalue weighted by atomic mass is 10.0. The van der Waals surface area contributed by atoms with Gasteiger partial charge >= 0.3 is 0 Å². The first-order valence-electron chi connectivity index (χ1n) is 8.97. The van der Waals surface area contributed by atoms with Gasteiger partial charge in [0.05, 0.1) is 0 Å². The van der Waals surface area contributed by atoms with E-state index in [9.17, 15) is 0 Å². The van der Waals surface area contributed by atoms with E-state index in [2.05, 4.69) is 37.3 Å². The number of aryl methyl sites for hydroxylation is 1. The largest absolute Gasteiger partial charge is 0.344 e. The summed E-state index contributed by atoms with van der Waals surface area (Å²) in [5.41, 5.74) is 1.50. The van der Waals surface area contributed by atoms with Crippen molar-refractivity contribution in [3.05, 3.63) is 35.9 Å². The van der Waals surface area contributed by atoms with Crippen LogP contribution in [-0.4, -0.2) is 0 Å². The molecule has 0 bridgehead atoms. The van der Waals surface area contributed by atoms with Gasteiger partial charge in [-0.25, -0.2) is 0 Å². The molecule has 0 aliphatic carbocycles. The molecule has 0 saturated carbocycles. The Morgan fingerprint density at radius 3 is 1.48 bits per heavy atom. The molecule has 1 nitrogen and oxygen atoms in total. The maximum absolute atomic E-state index is 2.29. The lowest BCUT2D eigenvalue weighted by Crippen LogP contribution is -1.86. The molecular weight excluding hydrogens is 254 g/mol. The second kappa shape index (κ2) is 15.6. The Balaban J connectivity index is 0.00000400. The second-order valence-corrected chi connectivity index (χ2v) is 6.12. The fraction of sp³-hybridized carbons (Fsp3) is 0.700. The summed E-state index contributed by atoms with van der Waals surface area (Å²) >= 11 is 0. The number of hydrogen-bond donors (Lipinski definition) is 1. The molecule has 0 aliphatic rings. The first kappa shape index (κ1) is 20.2. The SMILES string of the molecule is CCCCCCCCCCCCCCc1ccccc1.N. The zero-order valence-corrected chi connectivity index (χ0v) is 14.3. The van der Waals surface area contributed by atoms with E-state index in [0.29, 0.717) is 0 Å². The monoisotopic (exact) mass is 291 g/mol. The standard InChI is InChI=1S/C20H34.H3N/c1-2-3-4-5-6-7-8-9-10-11-12-14-17-20-18-15-13-16-19-20;/h13,15-16,18-19H,2-12,14,17H2,1H3;1H3. The molecule has 1 rings (SSSR count). The maximum atomic E-state index is 2.29. The Labute approximate surface area is 133 Å². The zero-order chi connectivity index (χ0) is 14.3. The molecule has 0 amide bonds. The third-order valence-electron chi connectivity index (χ3n) is 4.16. The van der Waals surface area contributed by atoms with Crippen LogP contribution in [-0.2, 0) is 6.42 Å². The lowest BCUT2D eigenvalue weighted by Gasteiger charge is -2.03. The van der Waals surface area contributed by atoms with Crippen LogP contribution >= 0.6 is 0 Å². The van der Waals surface area contributed by atoms with E-state index in [1.165, 1.54) is 89.0 Å². The van der Waals surface area contributed by atoms with E-state index in [1.54, 1.807) is 0 Å². The van der Waals surface area contributed by atoms with Crippen molar-refractivity contribution in [2.75, 3.05) is 0 Å². The van der Waals surface area contributed by atoms with E-state index >= 15 is 0 Å². The lowest BCUT2D eigenvalue weighted by molar-refractivity contribution is 0.544. The summed E-state index contributed by atoms with van der Waals surface area (Å²) in [6.45, 7) is 2.29. The molecule has 122 valence electrons. The summed E-state index contributed by atoms with van der Waals surface area (Å²) in [5, 5.41) is 0. The Kier molecular flexibility index (Phi) is 15.0. The minimum Gasteiger partial charge on any atom is -0.344 e. The highest BCUT2D eigenvalue weighted by Crippen LogP contribution is 2.13. The van der Waals surface area contributed by atoms with Gasteiger partial charge in [-0.3, -0.25) is 0 Å². The fourth-order valence-corrected chi connectivity index (χ4v) is 2.81. The van der Waals surface area contributed by atoms with E-state index in [-0.39, 0.29) is 6.15 Å². The molecule has 0 spiro atoms. The van der Waals surface area contributed by atoms with Gasteiger partial charge in [0, 0.05) is 0 Å². The highest BCUT2D eigenvalue weighted by molar-refractivity contribution is 5.14. The first-order valence-corrected chi connectivity index (χ1v) is 8.97. The molecule has 0 aliphatic heterocycles. The van der Waals surface area contributed by atoms with Crippen LogP contribution in [0, 0.1) is 0 Å². The molecule has 0 radical (unpaired) electrons. The van der Waals surface area contributed by atoms with Crippen molar-refractivity contribution in [1.29, 1.82) is 0 Å². The van der Waals surface area contributed by atoms with Gasteiger partial charge in [0.15, 0.2) is 0 Å². The predicted octanol–water partition coefficient (Wildman–Crippen LogP) is 7.09. The summed E-state index contributed by atoms with van der Waals surface area (Å²) < 4.78 is 0. The summed E-state index contributed by atoms with van der Waals surface area (Å²) in [7, 11) is 0. The number of benzene rings is 1. The smallest absolute Gasteiger partial charge is 0.0279 e. The molecule has 1 aromatic rings. The normalized spacial score (nSPS) is 10.3. The van der Waals surface area contributed by atoms with Crippen LogP contribution in [0.15, 0.2) is 30.3 Å². The summed E-state index contributed by atoms with van der Waals surface area (Å²) in [5.74, 6) is 0. The van der Waals surface area contributed by atoms with Crippen molar-refractivity contribution < 1.29 is 0 Å². The Bertz CT molecular complexity index is 294. The molecule has 0 heterocycles. The minimum absolute atomic E-state index is 0. The van der Waals surface area contributed by atoms with Crippen molar-refractivity contribution in [3.63, 3.8) is 0 Å². The molecule has 0 saturated heterocycles. The van der Waals surface area contributed by atoms with Gasteiger partial charge in [-0.15, -0.1) is 0 Å². The molecule has 21 heavy (non-hydrogen) atoms. The van der Waals surface area contributed by atoms with Gasteiger partial charge in [0.1, 0.15) is 0 Å². The Hall–Kier alpha value is -0.820. The number of hydrogen-bond acceptors (Lipinski definition) is 1. The van der Waals surface area contributed by atoms with Crippen LogP contribution in [0.5, 0.6) is 0 Å². The summed E-state index contributed by atoms with van der Waals surface area (Å²) in [6.07, 6.45) is 18.5. The van der Waals surface area contributed by atoms with Crippen molar-refractivity contribution in [3.8, 4) is 0 Å². The van der Waals surface area contributed by atoms with Crippen molar-refractivity contribution >= 4 is 0 Å². The van der Waals surface area contributed by atoms with Gasteiger partial charge in [-0.2, -0.15) is 0 Å². The molecule has 0 unspecified atom stereocenters. The molecule has 0 aromatic heterocycles. The van der Waals surface area contributed by atoms with Crippen molar-refractivity contribution in [2.45, 2.75) is 90.4 Å². The van der Waals surface area contributed by atoms with Crippen LogP contribution in [0.25, 0.3) is 0 Å². The van der Waals surface area contributed by atoms with Crippen LogP contribution in [0.1, 0.15) is 89.5 Å². The molecule has 0 fully saturated rings. The van der Waals surface area contributed by atoms with Gasteiger partial charge < -0.3 is 6.15 Å². The number of unbranched alkanes of at least 4 members (excludes halogenated alkanes) is 11. The van der Waals surface area contributed by atoms with E-state index in [0.717, 1.165) is 0 Å². The van der Waals surface area contributed by atoms with E-state index in [4.69, 9.17) is 0 Å². The third-order valence-corrected chi connectivity index (χ3v) is 4.16. The first-order chi connectivity index (χ1) is 9.93. The second-order valence-electron chi connectivity index (χ2n) is 6.12. The van der Waals surface area contributed by atoms with Crippen LogP contribution in [0.4, 0.5) is 0 Å². The van der Waals surface area contributed by atoms with Gasteiger partial charge in [-0.1, -0.05) is 108 Å². The Morgan fingerprint density at radius 2 is 1.00 bits per heavy atom. The molecule has 0 atom stereocenters. The fourth-order valence-electron chi connectivity index (χ4n) is 2.81. The van der Waals surface area contributed by atoms with Crippen LogP contribution in [0.3, 0.4) is 0 Å². The van der Waals surface area contributed by atoms with E-state index in [1.807, 2.05) is 0 Å². The topological polar surface area (TPSA) is 35.0 Å². The van der Waals surface area contributed by atoms with Crippen molar-refractivity contribution in [1.82, 2.24) is 6.15 Å². The Morgan fingerprint density at radius 1 is 0.571 bits per heavy atom. The highest BCUT2D eigenvalue weighted by atomic mass is 14.0. The van der Waals surface area contributed by atoms with Crippen LogP contribution in [0.2, 0.25) is 0 Å². The average Bonchev–Trinajstić information content (AvgIpc) is 2.49. The summed E-state index contributed by atoms with van der Waals surface area (Å²) in [4.78, 5) is 0. The van der Waals surface area contributed by atoms with E-state index < -0.39 is 0 Å². The minimum atomic E-state index is 0. The average molecular weight is 292 g/mol. The van der Waals surface area contributed by atoms with Gasteiger partial charge in [-0.05, 0) is 18.4 Å². The van der Waals surface area contributed by atoms with Gasteiger partial charge in [0.2, 0.25) is 0 Å². The highest BCUT2D eigenvalue weighted by Gasteiger charge is 1.94. The molecular formula is C20H37N. The van der Waals surface area contributed by atoms with Gasteiger partial charge in [0.25, 0.3) is 0 Å². The number of rotatable bonds is 13. The third kappa shape index (κ3) is 12.6. The zero-order valence-electron chi connectivity index (χ0n) is 14.3.